The van der Waals surface area contributed by atoms with Gasteiger partial charge in [0.2, 0.25) is 0 Å². The third-order valence-corrected chi connectivity index (χ3v) is 4.07. The Bertz CT molecular complexity index is 324. The van der Waals surface area contributed by atoms with E-state index in [1.54, 1.807) is 11.3 Å². The predicted molar refractivity (Wildman–Crippen MR) is 77.0 cm³/mol. The van der Waals surface area contributed by atoms with Crippen molar-refractivity contribution >= 4 is 16.5 Å². The normalized spacial score (nSPS) is 14.6. The number of anilines is 1. The lowest BCUT2D eigenvalue weighted by molar-refractivity contribution is 0.582. The topological polar surface area (TPSA) is 28.2 Å². The molecule has 0 bridgehead atoms. The first-order valence-corrected chi connectivity index (χ1v) is 7.47. The maximum absolute atomic E-state index is 4.75. The van der Waals surface area contributed by atoms with Crippen LogP contribution in [0.4, 0.5) is 5.13 Å². The molecule has 0 aromatic carbocycles. The van der Waals surface area contributed by atoms with Crippen molar-refractivity contribution in [1.29, 1.82) is 0 Å². The van der Waals surface area contributed by atoms with Crippen molar-refractivity contribution in [2.45, 2.75) is 53.1 Å². The Hall–Kier alpha value is -0.610. The van der Waals surface area contributed by atoms with E-state index in [4.69, 9.17) is 4.98 Å². The average Bonchev–Trinajstić information content (AvgIpc) is 2.79. The van der Waals surface area contributed by atoms with Gasteiger partial charge in [0.05, 0.1) is 5.69 Å². The van der Waals surface area contributed by atoms with Gasteiger partial charge in [-0.15, -0.1) is 11.3 Å². The highest BCUT2D eigenvalue weighted by Crippen LogP contribution is 2.26. The van der Waals surface area contributed by atoms with E-state index >= 15 is 0 Å². The molecule has 0 aliphatic rings. The lowest BCUT2D eigenvalue weighted by atomic mass is 10.2. The van der Waals surface area contributed by atoms with E-state index in [9.17, 15) is 0 Å². The zero-order valence-corrected chi connectivity index (χ0v) is 12.5. The third-order valence-electron chi connectivity index (χ3n) is 3.17. The second kappa shape index (κ2) is 6.97. The minimum Gasteiger partial charge on any atom is -0.346 e. The highest BCUT2D eigenvalue weighted by atomic mass is 32.1. The zero-order chi connectivity index (χ0) is 12.8. The predicted octanol–water partition coefficient (Wildman–Crippen LogP) is 3.44. The number of rotatable bonds is 7. The second-order valence-electron chi connectivity index (χ2n) is 4.38. The fourth-order valence-corrected chi connectivity index (χ4v) is 2.96. The second-order valence-corrected chi connectivity index (χ2v) is 5.21. The van der Waals surface area contributed by atoms with E-state index in [0.29, 0.717) is 12.1 Å². The van der Waals surface area contributed by atoms with Crippen LogP contribution in [0.15, 0.2) is 5.38 Å². The summed E-state index contributed by atoms with van der Waals surface area (Å²) in [7, 11) is 0. The molecule has 0 radical (unpaired) electrons. The Morgan fingerprint density at radius 1 is 1.35 bits per heavy atom. The summed E-state index contributed by atoms with van der Waals surface area (Å²) >= 11 is 1.75. The van der Waals surface area contributed by atoms with E-state index in [1.807, 2.05) is 0 Å². The van der Waals surface area contributed by atoms with E-state index in [2.05, 4.69) is 50.2 Å². The molecule has 98 valence electrons. The van der Waals surface area contributed by atoms with Crippen LogP contribution in [0.3, 0.4) is 0 Å². The van der Waals surface area contributed by atoms with Crippen LogP contribution >= 0.6 is 11.3 Å². The van der Waals surface area contributed by atoms with E-state index in [1.165, 1.54) is 0 Å². The van der Waals surface area contributed by atoms with Gasteiger partial charge in [0.15, 0.2) is 5.13 Å². The molecular weight excluding hydrogens is 230 g/mol. The van der Waals surface area contributed by atoms with Crippen molar-refractivity contribution in [3.8, 4) is 0 Å². The summed E-state index contributed by atoms with van der Waals surface area (Å²) in [5, 5.41) is 6.73. The van der Waals surface area contributed by atoms with Crippen LogP contribution in [0, 0.1) is 0 Å². The maximum Gasteiger partial charge on any atom is 0.185 e. The zero-order valence-electron chi connectivity index (χ0n) is 11.7. The van der Waals surface area contributed by atoms with Gasteiger partial charge in [-0.05, 0) is 33.7 Å². The molecule has 3 nitrogen and oxygen atoms in total. The van der Waals surface area contributed by atoms with Crippen LogP contribution in [0.5, 0.6) is 0 Å². The molecule has 0 aliphatic heterocycles. The SMILES string of the molecule is CCNC(C)c1csc(N(CC)C(C)CC)n1. The maximum atomic E-state index is 4.75. The first kappa shape index (κ1) is 14.5. The number of hydrogen-bond donors (Lipinski definition) is 1. The fraction of sp³-hybridized carbons (Fsp3) is 0.769. The lowest BCUT2D eigenvalue weighted by Crippen LogP contribution is -2.32. The smallest absolute Gasteiger partial charge is 0.185 e. The van der Waals surface area contributed by atoms with Gasteiger partial charge in [-0.3, -0.25) is 0 Å². The number of hydrogen-bond acceptors (Lipinski definition) is 4. The number of nitrogens with one attached hydrogen (secondary N) is 1. The molecule has 0 fully saturated rings. The lowest BCUT2D eigenvalue weighted by Gasteiger charge is -2.26. The van der Waals surface area contributed by atoms with E-state index in [0.717, 1.165) is 30.3 Å². The van der Waals surface area contributed by atoms with E-state index in [-0.39, 0.29) is 0 Å². The highest BCUT2D eigenvalue weighted by molar-refractivity contribution is 7.13. The summed E-state index contributed by atoms with van der Waals surface area (Å²) in [6.45, 7) is 13.0. The van der Waals surface area contributed by atoms with Gasteiger partial charge in [0, 0.05) is 24.0 Å². The molecule has 1 rings (SSSR count). The van der Waals surface area contributed by atoms with Crippen LogP contribution < -0.4 is 10.2 Å². The number of aromatic nitrogens is 1. The standard InChI is InChI=1S/C13H25N3S/c1-6-10(4)16(8-3)13-15-12(9-17-13)11(5)14-7-2/h9-11,14H,6-8H2,1-5H3. The molecule has 1 heterocycles. The molecule has 0 saturated carbocycles. The number of thiazole rings is 1. The largest absolute Gasteiger partial charge is 0.346 e. The quantitative estimate of drug-likeness (QED) is 0.809. The first-order chi connectivity index (χ1) is 8.13. The molecule has 0 spiro atoms. The molecular formula is C13H25N3S. The molecule has 1 N–H and O–H groups in total. The van der Waals surface area contributed by atoms with Crippen molar-refractivity contribution in [2.75, 3.05) is 18.0 Å². The van der Waals surface area contributed by atoms with Gasteiger partial charge >= 0.3 is 0 Å². The van der Waals surface area contributed by atoms with Crippen molar-refractivity contribution in [3.63, 3.8) is 0 Å². The monoisotopic (exact) mass is 255 g/mol. The summed E-state index contributed by atoms with van der Waals surface area (Å²) in [5.41, 5.74) is 1.16. The molecule has 1 aromatic heterocycles. The third kappa shape index (κ3) is 3.68. The Morgan fingerprint density at radius 2 is 2.06 bits per heavy atom. The van der Waals surface area contributed by atoms with E-state index < -0.39 is 0 Å². The minimum absolute atomic E-state index is 0.348. The molecule has 0 amide bonds. The minimum atomic E-state index is 0.348. The van der Waals surface area contributed by atoms with Gasteiger partial charge in [-0.25, -0.2) is 4.98 Å². The van der Waals surface area contributed by atoms with Gasteiger partial charge in [-0.1, -0.05) is 13.8 Å². The van der Waals surface area contributed by atoms with Crippen molar-refractivity contribution < 1.29 is 0 Å². The van der Waals surface area contributed by atoms with Crippen LogP contribution in [0.2, 0.25) is 0 Å². The summed E-state index contributed by atoms with van der Waals surface area (Å²) in [6.07, 6.45) is 1.16. The van der Waals surface area contributed by atoms with Gasteiger partial charge in [0.1, 0.15) is 0 Å². The molecule has 1 aromatic rings. The first-order valence-electron chi connectivity index (χ1n) is 6.59. The molecule has 4 heteroatoms. The van der Waals surface area contributed by atoms with Crippen molar-refractivity contribution in [2.24, 2.45) is 0 Å². The number of nitrogens with zero attached hydrogens (tertiary/aromatic N) is 2. The van der Waals surface area contributed by atoms with Crippen molar-refractivity contribution in [1.82, 2.24) is 10.3 Å². The van der Waals surface area contributed by atoms with Crippen LogP contribution in [0.1, 0.15) is 52.8 Å². The fourth-order valence-electron chi connectivity index (χ4n) is 1.87. The highest BCUT2D eigenvalue weighted by Gasteiger charge is 2.16. The van der Waals surface area contributed by atoms with Crippen LogP contribution in [-0.4, -0.2) is 24.1 Å². The Balaban J connectivity index is 2.78. The van der Waals surface area contributed by atoms with Gasteiger partial charge < -0.3 is 10.2 Å². The Kier molecular flexibility index (Phi) is 5.92. The molecule has 0 aliphatic carbocycles. The Labute approximate surface area is 109 Å². The molecule has 2 unspecified atom stereocenters. The molecule has 2 atom stereocenters. The summed E-state index contributed by atoms with van der Waals surface area (Å²) in [5.74, 6) is 0. The summed E-state index contributed by atoms with van der Waals surface area (Å²) < 4.78 is 0. The summed E-state index contributed by atoms with van der Waals surface area (Å²) in [6, 6.07) is 0.911. The molecule has 17 heavy (non-hydrogen) atoms. The van der Waals surface area contributed by atoms with Crippen LogP contribution in [-0.2, 0) is 0 Å². The Morgan fingerprint density at radius 3 is 2.59 bits per heavy atom. The average molecular weight is 255 g/mol. The molecule has 0 saturated heterocycles. The van der Waals surface area contributed by atoms with Crippen LogP contribution in [0.25, 0.3) is 0 Å². The van der Waals surface area contributed by atoms with Crippen molar-refractivity contribution in [3.05, 3.63) is 11.1 Å². The summed E-state index contributed by atoms with van der Waals surface area (Å²) in [4.78, 5) is 7.13. The van der Waals surface area contributed by atoms with Gasteiger partial charge in [-0.2, -0.15) is 0 Å². The van der Waals surface area contributed by atoms with Gasteiger partial charge in [0.25, 0.3) is 0 Å².